The van der Waals surface area contributed by atoms with Crippen molar-refractivity contribution in [2.24, 2.45) is 0 Å². The molecule has 1 saturated heterocycles. The van der Waals surface area contributed by atoms with Gasteiger partial charge < -0.3 is 10.6 Å². The van der Waals surface area contributed by atoms with Crippen LogP contribution in [0.2, 0.25) is 0 Å². The Hall–Kier alpha value is -2.20. The fraction of sp³-hybridized carbons (Fsp3) is 0.278. The first-order valence-corrected chi connectivity index (χ1v) is 7.60. The van der Waals surface area contributed by atoms with Crippen LogP contribution >= 0.6 is 0 Å². The molecule has 2 aromatic carbocycles. The minimum Gasteiger partial charge on any atom is -0.322 e. The molecular weight excluding hydrogens is 279 g/mol. The van der Waals surface area contributed by atoms with Crippen LogP contribution < -0.4 is 10.6 Å². The van der Waals surface area contributed by atoms with Crippen molar-refractivity contribution in [3.63, 3.8) is 0 Å². The summed E-state index contributed by atoms with van der Waals surface area (Å²) in [4.78, 5) is 12.2. The molecule has 0 radical (unpaired) electrons. The number of rotatable bonds is 3. The van der Waals surface area contributed by atoms with E-state index in [9.17, 15) is 9.18 Å². The van der Waals surface area contributed by atoms with Crippen molar-refractivity contribution in [2.75, 3.05) is 18.4 Å². The molecule has 2 aromatic rings. The van der Waals surface area contributed by atoms with Crippen LogP contribution in [0, 0.1) is 5.82 Å². The number of anilines is 1. The van der Waals surface area contributed by atoms with E-state index in [-0.39, 0.29) is 11.7 Å². The van der Waals surface area contributed by atoms with Gasteiger partial charge in [0.15, 0.2) is 0 Å². The number of benzene rings is 2. The van der Waals surface area contributed by atoms with Crippen LogP contribution in [-0.4, -0.2) is 19.0 Å². The summed E-state index contributed by atoms with van der Waals surface area (Å²) in [6, 6.07) is 13.6. The van der Waals surface area contributed by atoms with Gasteiger partial charge in [0.2, 0.25) is 0 Å². The van der Waals surface area contributed by atoms with Gasteiger partial charge in [-0.3, -0.25) is 4.79 Å². The monoisotopic (exact) mass is 298 g/mol. The van der Waals surface area contributed by atoms with E-state index in [0.717, 1.165) is 25.9 Å². The van der Waals surface area contributed by atoms with Crippen molar-refractivity contribution >= 4 is 11.6 Å². The molecule has 3 nitrogen and oxygen atoms in total. The van der Waals surface area contributed by atoms with E-state index in [1.54, 1.807) is 12.1 Å². The third kappa shape index (κ3) is 3.52. The topological polar surface area (TPSA) is 41.1 Å². The zero-order valence-corrected chi connectivity index (χ0v) is 12.3. The van der Waals surface area contributed by atoms with Gasteiger partial charge in [0, 0.05) is 11.3 Å². The smallest absolute Gasteiger partial charge is 0.255 e. The number of amides is 1. The molecule has 1 heterocycles. The number of halogens is 1. The Kier molecular flexibility index (Phi) is 4.49. The van der Waals surface area contributed by atoms with Gasteiger partial charge >= 0.3 is 0 Å². The van der Waals surface area contributed by atoms with E-state index in [2.05, 4.69) is 10.6 Å². The molecule has 0 bridgehead atoms. The summed E-state index contributed by atoms with van der Waals surface area (Å²) in [5.74, 6) is 0.0863. The van der Waals surface area contributed by atoms with E-state index in [0.29, 0.717) is 17.2 Å². The third-order valence-corrected chi connectivity index (χ3v) is 4.09. The Morgan fingerprint density at radius 2 is 1.64 bits per heavy atom. The third-order valence-electron chi connectivity index (χ3n) is 4.09. The Morgan fingerprint density at radius 1 is 1.00 bits per heavy atom. The zero-order valence-electron chi connectivity index (χ0n) is 12.3. The second-order valence-corrected chi connectivity index (χ2v) is 5.61. The van der Waals surface area contributed by atoms with Crippen molar-refractivity contribution in [2.45, 2.75) is 18.8 Å². The van der Waals surface area contributed by atoms with Gasteiger partial charge in [-0.2, -0.15) is 0 Å². The average molecular weight is 298 g/mol. The molecule has 0 atom stereocenters. The van der Waals surface area contributed by atoms with Crippen molar-refractivity contribution < 1.29 is 9.18 Å². The van der Waals surface area contributed by atoms with Crippen molar-refractivity contribution in [3.8, 4) is 0 Å². The van der Waals surface area contributed by atoms with Gasteiger partial charge in [-0.15, -0.1) is 0 Å². The first-order valence-electron chi connectivity index (χ1n) is 7.60. The highest BCUT2D eigenvalue weighted by molar-refractivity contribution is 6.04. The molecular formula is C18H19FN2O. The summed E-state index contributed by atoms with van der Waals surface area (Å²) < 4.78 is 12.9. The summed E-state index contributed by atoms with van der Waals surface area (Å²) in [5.41, 5.74) is 2.50. The maximum atomic E-state index is 12.9. The van der Waals surface area contributed by atoms with Gasteiger partial charge in [-0.05, 0) is 73.8 Å². The molecule has 1 fully saturated rings. The van der Waals surface area contributed by atoms with E-state index >= 15 is 0 Å². The number of carbonyl (C=O) groups is 1. The second-order valence-electron chi connectivity index (χ2n) is 5.61. The summed E-state index contributed by atoms with van der Waals surface area (Å²) in [6.45, 7) is 2.11. The normalized spacial score (nSPS) is 15.5. The van der Waals surface area contributed by atoms with Crippen LogP contribution in [0.15, 0.2) is 48.5 Å². The molecule has 0 aromatic heterocycles. The van der Waals surface area contributed by atoms with Gasteiger partial charge in [-0.25, -0.2) is 4.39 Å². The molecule has 1 amide bonds. The quantitative estimate of drug-likeness (QED) is 0.910. The van der Waals surface area contributed by atoms with Crippen LogP contribution in [0.1, 0.15) is 34.7 Å². The molecule has 1 aliphatic rings. The summed E-state index contributed by atoms with van der Waals surface area (Å²) in [6.07, 6.45) is 2.28. The Labute approximate surface area is 129 Å². The number of hydrogen-bond donors (Lipinski definition) is 2. The van der Waals surface area contributed by atoms with E-state index in [1.807, 2.05) is 24.3 Å². The lowest BCUT2D eigenvalue weighted by molar-refractivity contribution is 0.102. The first kappa shape index (κ1) is 14.7. The molecule has 0 unspecified atom stereocenters. The highest BCUT2D eigenvalue weighted by atomic mass is 19.1. The Balaban J connectivity index is 1.66. The molecule has 0 aliphatic carbocycles. The SMILES string of the molecule is O=C(Nc1ccc(F)cc1)c1ccc(C2CCNCC2)cc1. The lowest BCUT2D eigenvalue weighted by atomic mass is 9.90. The lowest BCUT2D eigenvalue weighted by Gasteiger charge is -2.23. The number of piperidine rings is 1. The van der Waals surface area contributed by atoms with E-state index in [4.69, 9.17) is 0 Å². The molecule has 0 spiro atoms. The van der Waals surface area contributed by atoms with Crippen molar-refractivity contribution in [1.29, 1.82) is 0 Å². The highest BCUT2D eigenvalue weighted by Gasteiger charge is 2.15. The van der Waals surface area contributed by atoms with E-state index < -0.39 is 0 Å². The minimum absolute atomic E-state index is 0.177. The van der Waals surface area contributed by atoms with Gasteiger partial charge in [0.1, 0.15) is 5.82 Å². The molecule has 3 rings (SSSR count). The largest absolute Gasteiger partial charge is 0.322 e. The standard InChI is InChI=1S/C18H19FN2O/c19-16-5-7-17(8-6-16)21-18(22)15-3-1-13(2-4-15)14-9-11-20-12-10-14/h1-8,14,20H,9-12H2,(H,21,22). The molecule has 0 saturated carbocycles. The van der Waals surface area contributed by atoms with Crippen LogP contribution in [0.4, 0.5) is 10.1 Å². The van der Waals surface area contributed by atoms with Gasteiger partial charge in [0.05, 0.1) is 0 Å². The minimum atomic E-state index is -0.315. The average Bonchev–Trinajstić information content (AvgIpc) is 2.58. The number of nitrogens with one attached hydrogen (secondary N) is 2. The van der Waals surface area contributed by atoms with Gasteiger partial charge in [0.25, 0.3) is 5.91 Å². The van der Waals surface area contributed by atoms with Crippen LogP contribution in [0.3, 0.4) is 0 Å². The molecule has 114 valence electrons. The highest BCUT2D eigenvalue weighted by Crippen LogP contribution is 2.25. The first-order chi connectivity index (χ1) is 10.7. The predicted molar refractivity (Wildman–Crippen MR) is 85.6 cm³/mol. The van der Waals surface area contributed by atoms with Crippen LogP contribution in [-0.2, 0) is 0 Å². The van der Waals surface area contributed by atoms with E-state index in [1.165, 1.54) is 17.7 Å². The summed E-state index contributed by atoms with van der Waals surface area (Å²) in [7, 11) is 0. The summed E-state index contributed by atoms with van der Waals surface area (Å²) >= 11 is 0. The number of hydrogen-bond acceptors (Lipinski definition) is 2. The van der Waals surface area contributed by atoms with Crippen molar-refractivity contribution in [3.05, 3.63) is 65.5 Å². The predicted octanol–water partition coefficient (Wildman–Crippen LogP) is 3.55. The fourth-order valence-electron chi connectivity index (χ4n) is 2.80. The summed E-state index contributed by atoms with van der Waals surface area (Å²) in [5, 5.41) is 6.12. The van der Waals surface area contributed by atoms with Crippen LogP contribution in [0.25, 0.3) is 0 Å². The lowest BCUT2D eigenvalue weighted by Crippen LogP contribution is -2.26. The van der Waals surface area contributed by atoms with Gasteiger partial charge in [-0.1, -0.05) is 12.1 Å². The zero-order chi connectivity index (χ0) is 15.4. The Morgan fingerprint density at radius 3 is 2.27 bits per heavy atom. The second kappa shape index (κ2) is 6.71. The Bertz CT molecular complexity index is 631. The number of carbonyl (C=O) groups excluding carboxylic acids is 1. The van der Waals surface area contributed by atoms with Crippen LogP contribution in [0.5, 0.6) is 0 Å². The van der Waals surface area contributed by atoms with Crippen molar-refractivity contribution in [1.82, 2.24) is 5.32 Å². The maximum Gasteiger partial charge on any atom is 0.255 e. The molecule has 4 heteroatoms. The maximum absolute atomic E-state index is 12.9. The fourth-order valence-corrected chi connectivity index (χ4v) is 2.80. The molecule has 2 N–H and O–H groups in total. The molecule has 22 heavy (non-hydrogen) atoms. The molecule has 1 aliphatic heterocycles.